The molecule has 5 nitrogen and oxygen atoms in total. The van der Waals surface area contributed by atoms with Crippen molar-refractivity contribution in [3.05, 3.63) is 65.7 Å². The van der Waals surface area contributed by atoms with Crippen LogP contribution in [0.1, 0.15) is 51.2 Å². The summed E-state index contributed by atoms with van der Waals surface area (Å²) in [4.78, 5) is 28.7. The third-order valence-electron chi connectivity index (χ3n) is 6.86. The Hall–Kier alpha value is -2.82. The molecule has 0 spiro atoms. The predicted octanol–water partition coefficient (Wildman–Crippen LogP) is 5.16. The molecular formula is C27H35N3O2. The van der Waals surface area contributed by atoms with Crippen molar-refractivity contribution in [1.29, 1.82) is 0 Å². The number of likely N-dealkylation sites (tertiary alicyclic amines) is 1. The summed E-state index contributed by atoms with van der Waals surface area (Å²) in [7, 11) is 0. The number of hydrogen-bond donors (Lipinski definition) is 2. The van der Waals surface area contributed by atoms with Gasteiger partial charge in [0.05, 0.1) is 0 Å². The molecule has 2 aromatic carbocycles. The number of nitrogens with one attached hydrogen (secondary N) is 2. The lowest BCUT2D eigenvalue weighted by molar-refractivity contribution is -0.134. The van der Waals surface area contributed by atoms with Gasteiger partial charge in [0.15, 0.2) is 0 Å². The molecule has 2 bridgehead atoms. The first-order valence-electron chi connectivity index (χ1n) is 11.6. The van der Waals surface area contributed by atoms with Crippen LogP contribution >= 0.6 is 0 Å². The number of carbonyl (C=O) groups is 2. The first-order chi connectivity index (χ1) is 15.1. The average Bonchev–Trinajstić information content (AvgIpc) is 2.96. The van der Waals surface area contributed by atoms with Crippen LogP contribution in [0.4, 0.5) is 10.5 Å². The SMILES string of the molecule is Cc1cccc(NC(=O)NC(Cc2ccccc2)C(=O)N2CC3(C)CC2CC(C)(C)C3)c1. The van der Waals surface area contributed by atoms with E-state index in [1.807, 2.05) is 61.5 Å². The van der Waals surface area contributed by atoms with E-state index in [9.17, 15) is 9.59 Å². The van der Waals surface area contributed by atoms with Crippen LogP contribution in [0, 0.1) is 17.8 Å². The minimum absolute atomic E-state index is 0.0275. The minimum atomic E-state index is -0.603. The third kappa shape index (κ3) is 5.14. The van der Waals surface area contributed by atoms with E-state index in [0.717, 1.165) is 42.6 Å². The van der Waals surface area contributed by atoms with Crippen molar-refractivity contribution >= 4 is 17.6 Å². The maximum atomic E-state index is 13.8. The topological polar surface area (TPSA) is 61.4 Å². The molecule has 3 amide bonds. The highest BCUT2D eigenvalue weighted by Gasteiger charge is 2.51. The van der Waals surface area contributed by atoms with E-state index in [1.54, 1.807) is 0 Å². The summed E-state index contributed by atoms with van der Waals surface area (Å²) in [5.41, 5.74) is 3.22. The Kier molecular flexibility index (Phi) is 6.02. The number of fused-ring (bicyclic) bond motifs is 2. The standard InChI is InChI=1S/C27H35N3O2/c1-19-9-8-12-21(13-19)28-25(32)29-23(14-20-10-6-5-7-11-20)24(31)30-18-27(4)16-22(30)15-26(2,3)17-27/h5-13,22-23H,14-18H2,1-4H3,(H2,28,29,32). The average molecular weight is 434 g/mol. The maximum absolute atomic E-state index is 13.8. The van der Waals surface area contributed by atoms with Gasteiger partial charge in [-0.1, -0.05) is 63.2 Å². The first kappa shape index (κ1) is 22.4. The first-order valence-corrected chi connectivity index (χ1v) is 11.6. The number of aryl methyl sites for hydroxylation is 1. The zero-order valence-electron chi connectivity index (χ0n) is 19.7. The number of benzene rings is 2. The van der Waals surface area contributed by atoms with Gasteiger partial charge < -0.3 is 15.5 Å². The van der Waals surface area contributed by atoms with Crippen LogP contribution in [0.5, 0.6) is 0 Å². The van der Waals surface area contributed by atoms with E-state index < -0.39 is 6.04 Å². The molecule has 1 aliphatic carbocycles. The second-order valence-electron chi connectivity index (χ2n) is 10.9. The van der Waals surface area contributed by atoms with Gasteiger partial charge in [-0.25, -0.2) is 4.79 Å². The summed E-state index contributed by atoms with van der Waals surface area (Å²) < 4.78 is 0. The number of nitrogens with zero attached hydrogens (tertiary/aromatic N) is 1. The Morgan fingerprint density at radius 3 is 2.53 bits per heavy atom. The van der Waals surface area contributed by atoms with Gasteiger partial charge in [-0.3, -0.25) is 4.79 Å². The number of carbonyl (C=O) groups excluding carboxylic acids is 2. The number of urea groups is 1. The van der Waals surface area contributed by atoms with Gasteiger partial charge in [0, 0.05) is 24.7 Å². The van der Waals surface area contributed by atoms with Crippen molar-refractivity contribution in [2.45, 2.75) is 65.5 Å². The number of amides is 3. The Balaban J connectivity index is 1.52. The van der Waals surface area contributed by atoms with Gasteiger partial charge in [-0.2, -0.15) is 0 Å². The lowest BCUT2D eigenvalue weighted by Crippen LogP contribution is -2.52. The van der Waals surface area contributed by atoms with E-state index in [-0.39, 0.29) is 28.8 Å². The molecule has 2 aromatic rings. The Morgan fingerprint density at radius 2 is 1.81 bits per heavy atom. The number of anilines is 1. The number of hydrogen-bond acceptors (Lipinski definition) is 2. The molecule has 32 heavy (non-hydrogen) atoms. The molecule has 0 radical (unpaired) electrons. The van der Waals surface area contributed by atoms with Crippen LogP contribution in [-0.2, 0) is 11.2 Å². The summed E-state index contributed by atoms with van der Waals surface area (Å²) in [6, 6.07) is 16.9. The van der Waals surface area contributed by atoms with Crippen molar-refractivity contribution < 1.29 is 9.59 Å². The molecule has 3 atom stereocenters. The molecule has 1 heterocycles. The fourth-order valence-corrected chi connectivity index (χ4v) is 6.02. The molecule has 3 unspecified atom stereocenters. The molecule has 2 fully saturated rings. The molecule has 1 aliphatic heterocycles. The second kappa shape index (κ2) is 8.61. The van der Waals surface area contributed by atoms with Crippen LogP contribution in [0.15, 0.2) is 54.6 Å². The van der Waals surface area contributed by atoms with Crippen molar-refractivity contribution in [2.75, 3.05) is 11.9 Å². The van der Waals surface area contributed by atoms with Crippen LogP contribution < -0.4 is 10.6 Å². The Labute approximate surface area is 191 Å². The molecular weight excluding hydrogens is 398 g/mol. The normalized spacial score (nSPS) is 24.6. The smallest absolute Gasteiger partial charge is 0.319 e. The van der Waals surface area contributed by atoms with Crippen molar-refractivity contribution in [2.24, 2.45) is 10.8 Å². The number of rotatable bonds is 5. The molecule has 2 aliphatic rings. The highest BCUT2D eigenvalue weighted by Crippen LogP contribution is 2.52. The summed E-state index contributed by atoms with van der Waals surface area (Å²) >= 11 is 0. The fourth-order valence-electron chi connectivity index (χ4n) is 6.02. The van der Waals surface area contributed by atoms with Gasteiger partial charge in [-0.05, 0) is 60.3 Å². The lowest BCUT2D eigenvalue weighted by Gasteiger charge is -2.39. The van der Waals surface area contributed by atoms with Crippen LogP contribution in [0.3, 0.4) is 0 Å². The van der Waals surface area contributed by atoms with Gasteiger partial charge >= 0.3 is 6.03 Å². The Bertz CT molecular complexity index is 987. The molecule has 1 saturated heterocycles. The van der Waals surface area contributed by atoms with Crippen LogP contribution in [0.25, 0.3) is 0 Å². The van der Waals surface area contributed by atoms with E-state index in [1.165, 1.54) is 0 Å². The monoisotopic (exact) mass is 433 g/mol. The molecule has 4 rings (SSSR count). The summed E-state index contributed by atoms with van der Waals surface area (Å²) in [6.07, 6.45) is 3.67. The summed E-state index contributed by atoms with van der Waals surface area (Å²) in [6.45, 7) is 9.67. The molecule has 5 heteroatoms. The zero-order chi connectivity index (χ0) is 22.9. The van der Waals surface area contributed by atoms with E-state index in [4.69, 9.17) is 0 Å². The molecule has 1 saturated carbocycles. The van der Waals surface area contributed by atoms with E-state index >= 15 is 0 Å². The lowest BCUT2D eigenvalue weighted by atomic mass is 9.65. The minimum Gasteiger partial charge on any atom is -0.337 e. The highest BCUT2D eigenvalue weighted by atomic mass is 16.2. The largest absolute Gasteiger partial charge is 0.337 e. The van der Waals surface area contributed by atoms with Crippen molar-refractivity contribution in [3.8, 4) is 0 Å². The van der Waals surface area contributed by atoms with Crippen molar-refractivity contribution in [1.82, 2.24) is 10.2 Å². The van der Waals surface area contributed by atoms with Gasteiger partial charge in [0.25, 0.3) is 0 Å². The van der Waals surface area contributed by atoms with Crippen LogP contribution in [0.2, 0.25) is 0 Å². The fraction of sp³-hybridized carbons (Fsp3) is 0.481. The Morgan fingerprint density at radius 1 is 1.06 bits per heavy atom. The molecule has 0 aromatic heterocycles. The molecule has 2 N–H and O–H groups in total. The zero-order valence-corrected chi connectivity index (χ0v) is 19.7. The van der Waals surface area contributed by atoms with E-state index in [0.29, 0.717) is 6.42 Å². The summed E-state index contributed by atoms with van der Waals surface area (Å²) in [5, 5.41) is 5.87. The second-order valence-corrected chi connectivity index (χ2v) is 10.9. The predicted molar refractivity (Wildman–Crippen MR) is 129 cm³/mol. The molecule has 170 valence electrons. The quantitative estimate of drug-likeness (QED) is 0.685. The van der Waals surface area contributed by atoms with Crippen molar-refractivity contribution in [3.63, 3.8) is 0 Å². The van der Waals surface area contributed by atoms with Gasteiger partial charge in [0.1, 0.15) is 6.04 Å². The summed E-state index contributed by atoms with van der Waals surface area (Å²) in [5.74, 6) is 0.0275. The van der Waals surface area contributed by atoms with Gasteiger partial charge in [0.2, 0.25) is 5.91 Å². The van der Waals surface area contributed by atoms with Crippen LogP contribution in [-0.4, -0.2) is 35.5 Å². The van der Waals surface area contributed by atoms with E-state index in [2.05, 4.69) is 36.3 Å². The highest BCUT2D eigenvalue weighted by molar-refractivity contribution is 5.94. The maximum Gasteiger partial charge on any atom is 0.319 e. The van der Waals surface area contributed by atoms with Gasteiger partial charge in [-0.15, -0.1) is 0 Å². The third-order valence-corrected chi connectivity index (χ3v) is 6.86.